The summed E-state index contributed by atoms with van der Waals surface area (Å²) in [5.74, 6) is -0.0903. The number of aryl methyl sites for hydroxylation is 2. The van der Waals surface area contributed by atoms with Gasteiger partial charge in [0.15, 0.2) is 0 Å². The lowest BCUT2D eigenvalue weighted by Crippen LogP contribution is -2.58. The van der Waals surface area contributed by atoms with Gasteiger partial charge >= 0.3 is 6.09 Å². The Bertz CT molecular complexity index is 934. The molecule has 0 unspecified atom stereocenters. The number of nitrogens with zero attached hydrogens (tertiary/aromatic N) is 3. The highest BCUT2D eigenvalue weighted by molar-refractivity contribution is 5.95. The molecule has 4 rings (SSSR count). The maximum Gasteiger partial charge on any atom is 0.414 e. The predicted octanol–water partition coefficient (Wildman–Crippen LogP) is 3.22. The molecule has 29 heavy (non-hydrogen) atoms. The van der Waals surface area contributed by atoms with Crippen LogP contribution in [0.4, 0.5) is 16.2 Å². The van der Waals surface area contributed by atoms with Gasteiger partial charge in [-0.3, -0.25) is 9.69 Å². The van der Waals surface area contributed by atoms with Crippen LogP contribution in [0.25, 0.3) is 0 Å². The Labute approximate surface area is 170 Å². The number of amides is 2. The summed E-state index contributed by atoms with van der Waals surface area (Å²) in [5, 5.41) is 13.3. The zero-order chi connectivity index (χ0) is 20.6. The molecule has 2 aliphatic heterocycles. The summed E-state index contributed by atoms with van der Waals surface area (Å²) in [6.45, 7) is 6.38. The van der Waals surface area contributed by atoms with E-state index < -0.39 is 4.65 Å². The van der Waals surface area contributed by atoms with Gasteiger partial charge in [-0.25, -0.2) is 4.79 Å². The van der Waals surface area contributed by atoms with E-state index in [2.05, 4.69) is 0 Å². The number of piperazine rings is 1. The molecule has 7 nitrogen and oxygen atoms in total. The summed E-state index contributed by atoms with van der Waals surface area (Å²) in [4.78, 5) is 27.8. The molecule has 0 saturated carbocycles. The first-order chi connectivity index (χ1) is 13.9. The van der Waals surface area contributed by atoms with Crippen LogP contribution in [0.5, 0.6) is 0 Å². The minimum Gasteiger partial charge on any atom is -0.627 e. The molecule has 152 valence electrons. The van der Waals surface area contributed by atoms with Crippen LogP contribution in [0.1, 0.15) is 21.5 Å². The number of benzene rings is 2. The van der Waals surface area contributed by atoms with Crippen molar-refractivity contribution in [2.45, 2.75) is 13.8 Å². The largest absolute Gasteiger partial charge is 0.627 e. The Morgan fingerprint density at radius 1 is 1.03 bits per heavy atom. The standard InChI is InChI=1S/C22H25N3O4/c1-16-3-8-20(17(2)15-16)25(28)12-9-23(10-13-25)21(26)18-4-6-19(7-5-18)24-11-14-29-22(24)27/h3-8,15H,9-14H2,1-2H3. The molecular weight excluding hydrogens is 370 g/mol. The van der Waals surface area contributed by atoms with Gasteiger partial charge < -0.3 is 19.5 Å². The molecule has 2 fully saturated rings. The summed E-state index contributed by atoms with van der Waals surface area (Å²) in [7, 11) is 0. The number of cyclic esters (lactones) is 1. The van der Waals surface area contributed by atoms with Crippen LogP contribution in [0, 0.1) is 19.1 Å². The number of carbonyl (C=O) groups excluding carboxylic acids is 2. The number of rotatable bonds is 3. The summed E-state index contributed by atoms with van der Waals surface area (Å²) in [5.41, 5.74) is 4.18. The fourth-order valence-electron chi connectivity index (χ4n) is 4.09. The molecule has 2 aromatic carbocycles. The van der Waals surface area contributed by atoms with Crippen molar-refractivity contribution in [2.24, 2.45) is 0 Å². The third-order valence-electron chi connectivity index (χ3n) is 5.73. The lowest BCUT2D eigenvalue weighted by atomic mass is 10.1. The fraction of sp³-hybridized carbons (Fsp3) is 0.364. The monoisotopic (exact) mass is 395 g/mol. The number of hydroxylamine groups is 2. The topological polar surface area (TPSA) is 72.9 Å². The van der Waals surface area contributed by atoms with E-state index in [9.17, 15) is 14.8 Å². The van der Waals surface area contributed by atoms with E-state index >= 15 is 0 Å². The van der Waals surface area contributed by atoms with E-state index in [1.165, 1.54) is 0 Å². The van der Waals surface area contributed by atoms with Crippen molar-refractivity contribution in [1.82, 2.24) is 9.55 Å². The highest BCUT2D eigenvalue weighted by Gasteiger charge is 2.31. The van der Waals surface area contributed by atoms with Gasteiger partial charge in [0.1, 0.15) is 25.4 Å². The Kier molecular flexibility index (Phi) is 5.02. The van der Waals surface area contributed by atoms with E-state index in [1.807, 2.05) is 32.0 Å². The smallest absolute Gasteiger partial charge is 0.414 e. The van der Waals surface area contributed by atoms with E-state index in [0.717, 1.165) is 16.8 Å². The maximum absolute atomic E-state index is 13.3. The second kappa shape index (κ2) is 7.50. The minimum absolute atomic E-state index is 0.0903. The number of hydrogen-bond acceptors (Lipinski definition) is 4. The number of hydrogen-bond donors (Lipinski definition) is 0. The number of anilines is 1. The summed E-state index contributed by atoms with van der Waals surface area (Å²) >= 11 is 0. The van der Waals surface area contributed by atoms with Crippen LogP contribution in [0.2, 0.25) is 0 Å². The van der Waals surface area contributed by atoms with Crippen molar-refractivity contribution in [3.8, 4) is 0 Å². The molecule has 0 bridgehead atoms. The molecule has 2 amide bonds. The van der Waals surface area contributed by atoms with Gasteiger partial charge in [0.05, 0.1) is 19.6 Å². The fourth-order valence-corrected chi connectivity index (χ4v) is 4.09. The van der Waals surface area contributed by atoms with Gasteiger partial charge in [-0.15, -0.1) is 0 Å². The lowest BCUT2D eigenvalue weighted by molar-refractivity contribution is 0.0682. The molecule has 2 heterocycles. The molecule has 2 aromatic rings. The van der Waals surface area contributed by atoms with Crippen LogP contribution < -0.4 is 9.55 Å². The number of carbonyl (C=O) groups is 2. The third kappa shape index (κ3) is 3.71. The van der Waals surface area contributed by atoms with Crippen molar-refractivity contribution in [2.75, 3.05) is 44.2 Å². The Morgan fingerprint density at radius 3 is 2.31 bits per heavy atom. The van der Waals surface area contributed by atoms with Crippen LogP contribution in [-0.4, -0.2) is 56.2 Å². The van der Waals surface area contributed by atoms with Gasteiger partial charge in [-0.1, -0.05) is 17.7 Å². The average Bonchev–Trinajstić information content (AvgIpc) is 3.14. The molecular formula is C22H25N3O4. The highest BCUT2D eigenvalue weighted by Crippen LogP contribution is 2.29. The maximum atomic E-state index is 13.3. The second-order valence-corrected chi connectivity index (χ2v) is 7.73. The van der Waals surface area contributed by atoms with E-state index in [-0.39, 0.29) is 12.0 Å². The lowest BCUT2D eigenvalue weighted by Gasteiger charge is -2.48. The van der Waals surface area contributed by atoms with Crippen molar-refractivity contribution in [3.63, 3.8) is 0 Å². The molecule has 0 radical (unpaired) electrons. The van der Waals surface area contributed by atoms with E-state index in [1.54, 1.807) is 34.1 Å². The van der Waals surface area contributed by atoms with Crippen molar-refractivity contribution < 1.29 is 14.3 Å². The van der Waals surface area contributed by atoms with Crippen molar-refractivity contribution in [1.29, 1.82) is 0 Å². The van der Waals surface area contributed by atoms with Gasteiger partial charge in [0.2, 0.25) is 0 Å². The first kappa shape index (κ1) is 19.4. The van der Waals surface area contributed by atoms with Gasteiger partial charge in [-0.05, 0) is 44.2 Å². The molecule has 0 spiro atoms. The number of ether oxygens (including phenoxy) is 1. The molecule has 0 N–H and O–H groups in total. The van der Waals surface area contributed by atoms with E-state index in [0.29, 0.717) is 50.6 Å². The number of quaternary nitrogens is 1. The van der Waals surface area contributed by atoms with Crippen LogP contribution >= 0.6 is 0 Å². The first-order valence-corrected chi connectivity index (χ1v) is 9.87. The Balaban J connectivity index is 1.43. The summed E-state index contributed by atoms with van der Waals surface area (Å²) in [6.07, 6.45) is -0.365. The molecule has 2 aliphatic rings. The quantitative estimate of drug-likeness (QED) is 0.591. The molecule has 0 atom stereocenters. The predicted molar refractivity (Wildman–Crippen MR) is 112 cm³/mol. The van der Waals surface area contributed by atoms with Crippen LogP contribution in [0.3, 0.4) is 0 Å². The SMILES string of the molecule is Cc1ccc([N+]2([O-])CCN(C(=O)c3ccc(N4CCOC4=O)cc3)CC2)c(C)c1. The normalized spacial score (nSPS) is 18.7. The molecule has 0 aromatic heterocycles. The molecule has 2 saturated heterocycles. The molecule has 7 heteroatoms. The van der Waals surface area contributed by atoms with Gasteiger partial charge in [-0.2, -0.15) is 0 Å². The van der Waals surface area contributed by atoms with Gasteiger partial charge in [0.25, 0.3) is 5.91 Å². The summed E-state index contributed by atoms with van der Waals surface area (Å²) in [6, 6.07) is 12.9. The molecule has 0 aliphatic carbocycles. The van der Waals surface area contributed by atoms with Crippen molar-refractivity contribution in [3.05, 3.63) is 64.4 Å². The average molecular weight is 395 g/mol. The zero-order valence-corrected chi connectivity index (χ0v) is 16.8. The van der Waals surface area contributed by atoms with Crippen LogP contribution in [-0.2, 0) is 4.74 Å². The van der Waals surface area contributed by atoms with Gasteiger partial charge in [0, 0.05) is 16.8 Å². The van der Waals surface area contributed by atoms with E-state index in [4.69, 9.17) is 4.74 Å². The highest BCUT2D eigenvalue weighted by atomic mass is 16.6. The minimum atomic E-state index is -0.397. The zero-order valence-electron chi connectivity index (χ0n) is 16.8. The summed E-state index contributed by atoms with van der Waals surface area (Å²) < 4.78 is 4.55. The Morgan fingerprint density at radius 2 is 1.72 bits per heavy atom. The Hall–Kier alpha value is -2.90. The third-order valence-corrected chi connectivity index (χ3v) is 5.73. The first-order valence-electron chi connectivity index (χ1n) is 9.87. The van der Waals surface area contributed by atoms with Crippen LogP contribution in [0.15, 0.2) is 42.5 Å². The second-order valence-electron chi connectivity index (χ2n) is 7.73. The van der Waals surface area contributed by atoms with Crippen molar-refractivity contribution >= 4 is 23.4 Å².